The highest BCUT2D eigenvalue weighted by Gasteiger charge is 2.12. The van der Waals surface area contributed by atoms with Crippen molar-refractivity contribution in [1.82, 2.24) is 9.38 Å². The number of benzene rings is 3. The largest absolute Gasteiger partial charge is 0.480 e. The molecule has 2 aromatic heterocycles. The van der Waals surface area contributed by atoms with Gasteiger partial charge in [-0.3, -0.25) is 4.79 Å². The number of fused-ring (bicyclic) bond motifs is 4. The summed E-state index contributed by atoms with van der Waals surface area (Å²) in [7, 11) is 0. The molecule has 0 fully saturated rings. The molecule has 5 heteroatoms. The van der Waals surface area contributed by atoms with Crippen molar-refractivity contribution in [3.63, 3.8) is 0 Å². The first-order chi connectivity index (χ1) is 13.8. The van der Waals surface area contributed by atoms with Crippen molar-refractivity contribution in [2.24, 2.45) is 0 Å². The fourth-order valence-corrected chi connectivity index (χ4v) is 4.38. The van der Waals surface area contributed by atoms with Gasteiger partial charge in [0.15, 0.2) is 4.96 Å². The number of imidazole rings is 1. The van der Waals surface area contributed by atoms with Gasteiger partial charge in [0.1, 0.15) is 12.4 Å². The van der Waals surface area contributed by atoms with Crippen molar-refractivity contribution in [3.05, 3.63) is 81.1 Å². The number of aromatic nitrogens is 2. The fraction of sp³-hybridized carbons (Fsp3) is 0.0435. The number of hydrogen-bond donors (Lipinski definition) is 0. The molecule has 0 bridgehead atoms. The summed E-state index contributed by atoms with van der Waals surface area (Å²) in [5.41, 5.74) is 2.41. The minimum absolute atomic E-state index is 0.0791. The van der Waals surface area contributed by atoms with Gasteiger partial charge in [-0.15, -0.1) is 6.42 Å². The highest BCUT2D eigenvalue weighted by atomic mass is 32.1. The van der Waals surface area contributed by atoms with E-state index in [9.17, 15) is 4.79 Å². The summed E-state index contributed by atoms with van der Waals surface area (Å²) >= 11 is 1.37. The van der Waals surface area contributed by atoms with E-state index in [-0.39, 0.29) is 12.2 Å². The van der Waals surface area contributed by atoms with E-state index in [0.29, 0.717) is 15.2 Å². The summed E-state index contributed by atoms with van der Waals surface area (Å²) < 4.78 is 8.02. The zero-order valence-electron chi connectivity index (χ0n) is 14.8. The maximum atomic E-state index is 13.1. The van der Waals surface area contributed by atoms with E-state index < -0.39 is 0 Å². The molecule has 0 unspecified atom stereocenters. The van der Waals surface area contributed by atoms with Crippen molar-refractivity contribution < 1.29 is 4.74 Å². The SMILES string of the molecule is C#CCOc1ccc2ccccc2c1/C=c1\sc2nc3ccccc3n2c1=O. The Bertz CT molecular complexity index is 1510. The molecule has 0 atom stereocenters. The van der Waals surface area contributed by atoms with Gasteiger partial charge in [0, 0.05) is 5.56 Å². The normalized spacial score (nSPS) is 12.0. The van der Waals surface area contributed by atoms with Gasteiger partial charge < -0.3 is 4.74 Å². The molecular weight excluding hydrogens is 368 g/mol. The Balaban J connectivity index is 1.81. The zero-order valence-corrected chi connectivity index (χ0v) is 15.6. The monoisotopic (exact) mass is 382 g/mol. The Morgan fingerprint density at radius 2 is 1.93 bits per heavy atom. The quantitative estimate of drug-likeness (QED) is 0.448. The zero-order chi connectivity index (χ0) is 19.1. The molecule has 0 spiro atoms. The van der Waals surface area contributed by atoms with Crippen LogP contribution < -0.4 is 14.8 Å². The number of hydrogen-bond acceptors (Lipinski definition) is 4. The van der Waals surface area contributed by atoms with Crippen LogP contribution in [0.4, 0.5) is 0 Å². The van der Waals surface area contributed by atoms with Crippen LogP contribution >= 0.6 is 11.3 Å². The van der Waals surface area contributed by atoms with Crippen molar-refractivity contribution in [3.8, 4) is 18.1 Å². The van der Waals surface area contributed by atoms with Gasteiger partial charge in [-0.1, -0.05) is 59.7 Å². The van der Waals surface area contributed by atoms with E-state index in [1.807, 2.05) is 66.7 Å². The topological polar surface area (TPSA) is 43.6 Å². The number of nitrogens with zero attached hydrogens (tertiary/aromatic N) is 2. The molecule has 0 N–H and O–H groups in total. The van der Waals surface area contributed by atoms with E-state index in [0.717, 1.165) is 27.4 Å². The van der Waals surface area contributed by atoms with Crippen LogP contribution in [-0.4, -0.2) is 16.0 Å². The Labute approximate surface area is 164 Å². The highest BCUT2D eigenvalue weighted by molar-refractivity contribution is 7.15. The maximum absolute atomic E-state index is 13.1. The highest BCUT2D eigenvalue weighted by Crippen LogP contribution is 2.29. The molecule has 0 aliphatic heterocycles. The smallest absolute Gasteiger partial charge is 0.274 e. The van der Waals surface area contributed by atoms with Crippen LogP contribution in [0.25, 0.3) is 32.8 Å². The molecule has 0 aliphatic rings. The average molecular weight is 382 g/mol. The third-order valence-electron chi connectivity index (χ3n) is 4.66. The first-order valence-electron chi connectivity index (χ1n) is 8.76. The van der Waals surface area contributed by atoms with Crippen LogP contribution in [0, 0.1) is 12.3 Å². The van der Waals surface area contributed by atoms with Crippen molar-refractivity contribution in [1.29, 1.82) is 0 Å². The number of thiazole rings is 1. The predicted molar refractivity (Wildman–Crippen MR) is 114 cm³/mol. The van der Waals surface area contributed by atoms with Gasteiger partial charge >= 0.3 is 0 Å². The van der Waals surface area contributed by atoms with Gasteiger partial charge in [0.2, 0.25) is 0 Å². The van der Waals surface area contributed by atoms with Gasteiger partial charge in [0.25, 0.3) is 5.56 Å². The third-order valence-corrected chi connectivity index (χ3v) is 5.63. The molecule has 0 aliphatic carbocycles. The minimum atomic E-state index is -0.0791. The number of terminal acetylenes is 1. The lowest BCUT2D eigenvalue weighted by atomic mass is 10.0. The van der Waals surface area contributed by atoms with Crippen molar-refractivity contribution in [2.75, 3.05) is 6.61 Å². The minimum Gasteiger partial charge on any atom is -0.480 e. The molecule has 28 heavy (non-hydrogen) atoms. The van der Waals surface area contributed by atoms with E-state index in [2.05, 4.69) is 10.9 Å². The van der Waals surface area contributed by atoms with Crippen LogP contribution in [0.2, 0.25) is 0 Å². The molecule has 0 amide bonds. The molecule has 3 aromatic carbocycles. The standard InChI is InChI=1S/C23H14N2O2S/c1-2-13-27-20-12-11-15-7-3-4-8-16(15)17(20)14-21-22(26)25-19-10-6-5-9-18(19)24-23(25)28-21/h1,3-12,14H,13H2/b21-14-. The first-order valence-corrected chi connectivity index (χ1v) is 9.57. The van der Waals surface area contributed by atoms with Crippen LogP contribution in [0.15, 0.2) is 65.5 Å². The summed E-state index contributed by atoms with van der Waals surface area (Å²) in [4.78, 5) is 18.4. The van der Waals surface area contributed by atoms with E-state index in [4.69, 9.17) is 11.2 Å². The molecule has 5 aromatic rings. The average Bonchev–Trinajstić information content (AvgIpc) is 3.23. The van der Waals surface area contributed by atoms with E-state index in [1.54, 1.807) is 4.40 Å². The van der Waals surface area contributed by atoms with Gasteiger partial charge in [-0.25, -0.2) is 9.38 Å². The number of rotatable bonds is 3. The van der Waals surface area contributed by atoms with Crippen LogP contribution in [-0.2, 0) is 0 Å². The Morgan fingerprint density at radius 1 is 1.11 bits per heavy atom. The summed E-state index contributed by atoms with van der Waals surface area (Å²) in [6.07, 6.45) is 7.24. The maximum Gasteiger partial charge on any atom is 0.274 e. The summed E-state index contributed by atoms with van der Waals surface area (Å²) in [6.45, 7) is 0.168. The molecule has 2 heterocycles. The Hall–Kier alpha value is -3.62. The summed E-state index contributed by atoms with van der Waals surface area (Å²) in [6, 6.07) is 19.5. The molecular formula is C23H14N2O2S. The lowest BCUT2D eigenvalue weighted by Gasteiger charge is -2.09. The van der Waals surface area contributed by atoms with Gasteiger partial charge in [-0.05, 0) is 35.0 Å². The Morgan fingerprint density at radius 3 is 2.82 bits per heavy atom. The number of ether oxygens (including phenoxy) is 1. The van der Waals surface area contributed by atoms with Crippen LogP contribution in [0.3, 0.4) is 0 Å². The molecule has 0 saturated heterocycles. The number of para-hydroxylation sites is 2. The molecule has 5 rings (SSSR count). The van der Waals surface area contributed by atoms with Crippen molar-refractivity contribution >= 4 is 44.2 Å². The second kappa shape index (κ2) is 6.52. The fourth-order valence-electron chi connectivity index (χ4n) is 3.41. The lowest BCUT2D eigenvalue weighted by molar-refractivity contribution is 0.370. The van der Waals surface area contributed by atoms with Gasteiger partial charge in [-0.2, -0.15) is 0 Å². The Kier molecular flexibility index (Phi) is 3.85. The van der Waals surface area contributed by atoms with Gasteiger partial charge in [0.05, 0.1) is 15.6 Å². The third kappa shape index (κ3) is 2.55. The first kappa shape index (κ1) is 16.5. The second-order valence-corrected chi connectivity index (χ2v) is 7.33. The van der Waals surface area contributed by atoms with Crippen LogP contribution in [0.1, 0.15) is 5.56 Å². The van der Waals surface area contributed by atoms with Crippen molar-refractivity contribution in [2.45, 2.75) is 0 Å². The van der Waals surface area contributed by atoms with E-state index >= 15 is 0 Å². The van der Waals surface area contributed by atoms with E-state index in [1.165, 1.54) is 11.3 Å². The predicted octanol–water partition coefficient (Wildman–Crippen LogP) is 3.62. The lowest BCUT2D eigenvalue weighted by Crippen LogP contribution is -2.22. The summed E-state index contributed by atoms with van der Waals surface area (Å²) in [5.74, 6) is 3.15. The van der Waals surface area contributed by atoms with Crippen LogP contribution in [0.5, 0.6) is 5.75 Å². The second-order valence-electron chi connectivity index (χ2n) is 6.33. The molecule has 4 nitrogen and oxygen atoms in total. The summed E-state index contributed by atoms with van der Waals surface area (Å²) in [5, 5.41) is 2.08. The molecule has 0 radical (unpaired) electrons. The molecule has 0 saturated carbocycles. The molecule has 134 valence electrons.